The summed E-state index contributed by atoms with van der Waals surface area (Å²) in [6.45, 7) is 1.07. The van der Waals surface area contributed by atoms with Gasteiger partial charge >= 0.3 is 0 Å². The molecular weight excluding hydrogens is 398 g/mol. The van der Waals surface area contributed by atoms with Crippen molar-refractivity contribution in [2.45, 2.75) is 12.8 Å². The number of hydrogen-bond acceptors (Lipinski definition) is 5. The van der Waals surface area contributed by atoms with Crippen LogP contribution in [0.15, 0.2) is 48.4 Å². The standard InChI is InChI=1S/C19H18ClN5O2S/c20-14-5-6-16(25-12-21-11-22-25)15(9-14)23-18(26)13-3-1-7-24(10-13)19(27)17-4-2-8-28-17/h2,4-6,8-9,11-13H,1,3,7,10H2,(H,23,26). The predicted molar refractivity (Wildman–Crippen MR) is 108 cm³/mol. The first kappa shape index (κ1) is 18.6. The fourth-order valence-corrected chi connectivity index (χ4v) is 4.17. The summed E-state index contributed by atoms with van der Waals surface area (Å²) in [5.41, 5.74) is 1.24. The van der Waals surface area contributed by atoms with Crippen molar-refractivity contribution in [1.82, 2.24) is 19.7 Å². The van der Waals surface area contributed by atoms with E-state index in [9.17, 15) is 9.59 Å². The third-order valence-corrected chi connectivity index (χ3v) is 5.79. The van der Waals surface area contributed by atoms with Crippen LogP contribution in [0.1, 0.15) is 22.5 Å². The largest absolute Gasteiger partial charge is 0.337 e. The molecular formula is C19H18ClN5O2S. The van der Waals surface area contributed by atoms with Gasteiger partial charge in [-0.05, 0) is 42.5 Å². The van der Waals surface area contributed by atoms with Gasteiger partial charge in [0.15, 0.2) is 0 Å². The summed E-state index contributed by atoms with van der Waals surface area (Å²) >= 11 is 7.54. The van der Waals surface area contributed by atoms with Crippen molar-refractivity contribution < 1.29 is 9.59 Å². The lowest BCUT2D eigenvalue weighted by Gasteiger charge is -2.32. The minimum atomic E-state index is -0.278. The van der Waals surface area contributed by atoms with Crippen molar-refractivity contribution in [3.63, 3.8) is 0 Å². The zero-order valence-electron chi connectivity index (χ0n) is 14.9. The summed E-state index contributed by atoms with van der Waals surface area (Å²) in [6.07, 6.45) is 4.51. The molecule has 3 heterocycles. The van der Waals surface area contributed by atoms with Crippen LogP contribution in [-0.4, -0.2) is 44.6 Å². The molecule has 1 atom stereocenters. The SMILES string of the molecule is O=C(Nc1cc(Cl)ccc1-n1cncn1)C1CCCN(C(=O)c2cccs2)C1. The minimum Gasteiger partial charge on any atom is -0.337 e. The lowest BCUT2D eigenvalue weighted by Crippen LogP contribution is -2.43. The number of hydrogen-bond donors (Lipinski definition) is 1. The summed E-state index contributed by atoms with van der Waals surface area (Å²) in [4.78, 5) is 31.9. The van der Waals surface area contributed by atoms with E-state index in [0.29, 0.717) is 34.4 Å². The average Bonchev–Trinajstić information content (AvgIpc) is 3.42. The molecule has 1 aliphatic heterocycles. The normalized spacial score (nSPS) is 16.8. The van der Waals surface area contributed by atoms with Crippen LogP contribution in [0, 0.1) is 5.92 Å². The van der Waals surface area contributed by atoms with Crippen molar-refractivity contribution >= 4 is 40.4 Å². The molecule has 1 aromatic carbocycles. The molecule has 1 unspecified atom stereocenters. The summed E-state index contributed by atoms with van der Waals surface area (Å²) < 4.78 is 1.57. The van der Waals surface area contributed by atoms with Gasteiger partial charge in [0.1, 0.15) is 12.7 Å². The third-order valence-electron chi connectivity index (χ3n) is 4.69. The number of piperidine rings is 1. The fourth-order valence-electron chi connectivity index (χ4n) is 3.31. The highest BCUT2D eigenvalue weighted by atomic mass is 35.5. The number of anilines is 1. The Kier molecular flexibility index (Phi) is 5.40. The minimum absolute atomic E-state index is 0.0152. The lowest BCUT2D eigenvalue weighted by molar-refractivity contribution is -0.121. The molecule has 0 saturated carbocycles. The zero-order chi connectivity index (χ0) is 19.5. The predicted octanol–water partition coefficient (Wildman–Crippen LogP) is 3.47. The van der Waals surface area contributed by atoms with Gasteiger partial charge in [-0.2, -0.15) is 5.10 Å². The van der Waals surface area contributed by atoms with Crippen molar-refractivity contribution in [2.75, 3.05) is 18.4 Å². The molecule has 2 amide bonds. The number of halogens is 1. The van der Waals surface area contributed by atoms with Gasteiger partial charge in [0.05, 0.1) is 22.2 Å². The molecule has 9 heteroatoms. The Morgan fingerprint density at radius 2 is 2.18 bits per heavy atom. The first-order valence-corrected chi connectivity index (χ1v) is 10.2. The molecule has 0 radical (unpaired) electrons. The number of carbonyl (C=O) groups excluding carboxylic acids is 2. The van der Waals surface area contributed by atoms with Gasteiger partial charge in [0.25, 0.3) is 5.91 Å². The van der Waals surface area contributed by atoms with Gasteiger partial charge < -0.3 is 10.2 Å². The Morgan fingerprint density at radius 1 is 1.29 bits per heavy atom. The van der Waals surface area contributed by atoms with Crippen molar-refractivity contribution in [3.8, 4) is 5.69 Å². The van der Waals surface area contributed by atoms with Crippen LogP contribution in [0.4, 0.5) is 5.69 Å². The number of nitrogens with zero attached hydrogens (tertiary/aromatic N) is 4. The van der Waals surface area contributed by atoms with Crippen LogP contribution >= 0.6 is 22.9 Å². The molecule has 1 N–H and O–H groups in total. The van der Waals surface area contributed by atoms with Gasteiger partial charge in [-0.25, -0.2) is 9.67 Å². The van der Waals surface area contributed by atoms with Crippen molar-refractivity contribution in [2.24, 2.45) is 5.92 Å². The number of aromatic nitrogens is 3. The molecule has 3 aromatic rings. The van der Waals surface area contributed by atoms with Gasteiger partial charge in [-0.1, -0.05) is 17.7 Å². The van der Waals surface area contributed by atoms with E-state index in [1.54, 1.807) is 34.1 Å². The summed E-state index contributed by atoms with van der Waals surface area (Å²) in [5.74, 6) is -0.425. The average molecular weight is 416 g/mol. The second-order valence-electron chi connectivity index (χ2n) is 6.56. The lowest BCUT2D eigenvalue weighted by atomic mass is 9.96. The maximum atomic E-state index is 12.9. The van der Waals surface area contributed by atoms with E-state index in [-0.39, 0.29) is 17.7 Å². The van der Waals surface area contributed by atoms with E-state index in [4.69, 9.17) is 11.6 Å². The van der Waals surface area contributed by atoms with Crippen molar-refractivity contribution in [3.05, 3.63) is 58.3 Å². The number of amides is 2. The number of rotatable bonds is 4. The maximum absolute atomic E-state index is 12.9. The highest BCUT2D eigenvalue weighted by Gasteiger charge is 2.29. The number of thiophene rings is 1. The van der Waals surface area contributed by atoms with E-state index in [1.807, 2.05) is 17.5 Å². The first-order chi connectivity index (χ1) is 13.6. The van der Waals surface area contributed by atoms with Gasteiger partial charge in [-0.15, -0.1) is 11.3 Å². The topological polar surface area (TPSA) is 80.1 Å². The van der Waals surface area contributed by atoms with Gasteiger partial charge in [0, 0.05) is 18.1 Å². The van der Waals surface area contributed by atoms with E-state index in [1.165, 1.54) is 17.7 Å². The second-order valence-corrected chi connectivity index (χ2v) is 7.94. The summed E-state index contributed by atoms with van der Waals surface area (Å²) in [7, 11) is 0. The Hall–Kier alpha value is -2.71. The molecule has 0 aliphatic carbocycles. The van der Waals surface area contributed by atoms with Crippen LogP contribution in [0.25, 0.3) is 5.69 Å². The fraction of sp³-hybridized carbons (Fsp3) is 0.263. The highest BCUT2D eigenvalue weighted by Crippen LogP contribution is 2.26. The monoisotopic (exact) mass is 415 g/mol. The maximum Gasteiger partial charge on any atom is 0.263 e. The van der Waals surface area contributed by atoms with Crippen LogP contribution in [0.3, 0.4) is 0 Å². The molecule has 28 heavy (non-hydrogen) atoms. The summed E-state index contributed by atoms with van der Waals surface area (Å²) in [6, 6.07) is 8.87. The molecule has 2 aromatic heterocycles. The Morgan fingerprint density at radius 3 is 2.93 bits per heavy atom. The van der Waals surface area contributed by atoms with Gasteiger partial charge in [-0.3, -0.25) is 9.59 Å². The molecule has 4 rings (SSSR count). The van der Waals surface area contributed by atoms with E-state index < -0.39 is 0 Å². The molecule has 1 saturated heterocycles. The summed E-state index contributed by atoms with van der Waals surface area (Å²) in [5, 5.41) is 9.47. The number of carbonyl (C=O) groups is 2. The van der Waals surface area contributed by atoms with Crippen LogP contribution in [-0.2, 0) is 4.79 Å². The zero-order valence-corrected chi connectivity index (χ0v) is 16.5. The molecule has 7 nitrogen and oxygen atoms in total. The first-order valence-electron chi connectivity index (χ1n) is 8.90. The van der Waals surface area contributed by atoms with Crippen molar-refractivity contribution in [1.29, 1.82) is 0 Å². The molecule has 1 aliphatic rings. The Labute approximate surface area is 170 Å². The molecule has 0 bridgehead atoms. The van der Waals surface area contributed by atoms with E-state index in [0.717, 1.165) is 12.8 Å². The number of nitrogens with one attached hydrogen (secondary N) is 1. The van der Waals surface area contributed by atoms with Crippen LogP contribution < -0.4 is 5.32 Å². The molecule has 0 spiro atoms. The van der Waals surface area contributed by atoms with Crippen LogP contribution in [0.2, 0.25) is 5.02 Å². The van der Waals surface area contributed by atoms with E-state index >= 15 is 0 Å². The van der Waals surface area contributed by atoms with Crippen LogP contribution in [0.5, 0.6) is 0 Å². The van der Waals surface area contributed by atoms with Gasteiger partial charge in [0.2, 0.25) is 5.91 Å². The number of benzene rings is 1. The highest BCUT2D eigenvalue weighted by molar-refractivity contribution is 7.12. The third kappa shape index (κ3) is 3.93. The quantitative estimate of drug-likeness (QED) is 0.707. The molecule has 144 valence electrons. The number of likely N-dealkylation sites (tertiary alicyclic amines) is 1. The second kappa shape index (κ2) is 8.12. The Balaban J connectivity index is 1.49. The Bertz CT molecular complexity index is 974. The smallest absolute Gasteiger partial charge is 0.263 e. The van der Waals surface area contributed by atoms with E-state index in [2.05, 4.69) is 15.4 Å². The molecule has 1 fully saturated rings.